The number of benzene rings is 1. The molecule has 2 rings (SSSR count). The Morgan fingerprint density at radius 1 is 1.28 bits per heavy atom. The number of carbonyl (C=O) groups excluding carboxylic acids is 1. The van der Waals surface area contributed by atoms with E-state index in [2.05, 4.69) is 29.2 Å². The molecule has 18 heavy (non-hydrogen) atoms. The zero-order valence-electron chi connectivity index (χ0n) is 9.64. The van der Waals surface area contributed by atoms with Crippen molar-refractivity contribution in [3.63, 3.8) is 0 Å². The van der Waals surface area contributed by atoms with Crippen molar-refractivity contribution < 1.29 is 9.90 Å². The molecule has 1 heterocycles. The molecular weight excluding hydrogens is 341 g/mol. The number of nitrogens with zero attached hydrogens (tertiary/aromatic N) is 1. The highest BCUT2D eigenvalue weighted by Gasteiger charge is 2.10. The molecule has 4 heteroatoms. The SMILES string of the molecule is C=C(O)c1ccc(C=O)n1Cc1ccc(I)cc1. The standard InChI is InChI=1S/C14H12INO2/c1-10(18)14-7-6-13(9-17)16(14)8-11-2-4-12(15)5-3-11/h2-7,9,18H,1,8H2. The van der Waals surface area contributed by atoms with Crippen molar-refractivity contribution in [3.8, 4) is 0 Å². The molecule has 0 spiro atoms. The van der Waals surface area contributed by atoms with Crippen molar-refractivity contribution >= 4 is 34.6 Å². The predicted molar refractivity (Wildman–Crippen MR) is 79.7 cm³/mol. The van der Waals surface area contributed by atoms with Gasteiger partial charge in [-0.2, -0.15) is 0 Å². The minimum Gasteiger partial charge on any atom is -0.506 e. The zero-order chi connectivity index (χ0) is 13.1. The lowest BCUT2D eigenvalue weighted by molar-refractivity contribution is 0.111. The average molecular weight is 353 g/mol. The van der Waals surface area contributed by atoms with Crippen LogP contribution in [0.15, 0.2) is 43.0 Å². The van der Waals surface area contributed by atoms with Gasteiger partial charge in [-0.25, -0.2) is 0 Å². The Bertz CT molecular complexity index is 584. The summed E-state index contributed by atoms with van der Waals surface area (Å²) < 4.78 is 2.91. The molecule has 3 nitrogen and oxygen atoms in total. The fourth-order valence-electron chi connectivity index (χ4n) is 1.79. The van der Waals surface area contributed by atoms with E-state index >= 15 is 0 Å². The normalized spacial score (nSPS) is 10.3. The molecule has 92 valence electrons. The number of aliphatic hydroxyl groups excluding tert-OH is 1. The van der Waals surface area contributed by atoms with Gasteiger partial charge in [0.1, 0.15) is 5.76 Å². The number of halogens is 1. The highest BCUT2D eigenvalue weighted by Crippen LogP contribution is 2.17. The van der Waals surface area contributed by atoms with E-state index in [-0.39, 0.29) is 5.76 Å². The van der Waals surface area contributed by atoms with Gasteiger partial charge in [-0.1, -0.05) is 18.7 Å². The van der Waals surface area contributed by atoms with E-state index in [0.717, 1.165) is 15.4 Å². The molecule has 0 unspecified atom stereocenters. The van der Waals surface area contributed by atoms with Crippen LogP contribution in [0.5, 0.6) is 0 Å². The Morgan fingerprint density at radius 2 is 1.94 bits per heavy atom. The molecule has 0 atom stereocenters. The minimum atomic E-state index is -0.0337. The van der Waals surface area contributed by atoms with Crippen LogP contribution < -0.4 is 0 Å². The Labute approximate surface area is 119 Å². The molecule has 0 aliphatic carbocycles. The van der Waals surface area contributed by atoms with Gasteiger partial charge in [0.2, 0.25) is 0 Å². The maximum atomic E-state index is 11.0. The molecule has 0 fully saturated rings. The molecule has 1 aromatic heterocycles. The van der Waals surface area contributed by atoms with Crippen LogP contribution in [0.25, 0.3) is 5.76 Å². The zero-order valence-corrected chi connectivity index (χ0v) is 11.8. The second-order valence-electron chi connectivity index (χ2n) is 3.92. The van der Waals surface area contributed by atoms with Crippen LogP contribution in [0, 0.1) is 3.57 Å². The van der Waals surface area contributed by atoms with Crippen LogP contribution in [0.3, 0.4) is 0 Å². The third-order valence-corrected chi connectivity index (χ3v) is 3.40. The second kappa shape index (κ2) is 5.39. The molecule has 0 bridgehead atoms. The molecule has 1 aromatic carbocycles. The van der Waals surface area contributed by atoms with Gasteiger partial charge in [0.25, 0.3) is 0 Å². The molecule has 0 saturated carbocycles. The molecule has 0 aliphatic heterocycles. The lowest BCUT2D eigenvalue weighted by Crippen LogP contribution is -2.07. The number of aldehydes is 1. The van der Waals surface area contributed by atoms with E-state index in [9.17, 15) is 9.90 Å². The summed E-state index contributed by atoms with van der Waals surface area (Å²) in [5.41, 5.74) is 2.16. The molecular formula is C14H12INO2. The van der Waals surface area contributed by atoms with Crippen LogP contribution in [-0.4, -0.2) is 16.0 Å². The maximum Gasteiger partial charge on any atom is 0.166 e. The number of aliphatic hydroxyl groups is 1. The van der Waals surface area contributed by atoms with Crippen LogP contribution in [0.1, 0.15) is 21.7 Å². The summed E-state index contributed by atoms with van der Waals surface area (Å²) in [5.74, 6) is -0.0337. The van der Waals surface area contributed by atoms with Gasteiger partial charge in [-0.05, 0) is 52.4 Å². The molecule has 2 aromatic rings. The Morgan fingerprint density at radius 3 is 2.50 bits per heavy atom. The molecule has 0 amide bonds. The minimum absolute atomic E-state index is 0.0337. The fraction of sp³-hybridized carbons (Fsp3) is 0.0714. The molecule has 0 saturated heterocycles. The summed E-state index contributed by atoms with van der Waals surface area (Å²) in [6.07, 6.45) is 0.777. The number of rotatable bonds is 4. The first-order chi connectivity index (χ1) is 8.61. The monoisotopic (exact) mass is 353 g/mol. The summed E-state index contributed by atoms with van der Waals surface area (Å²) in [4.78, 5) is 11.0. The van der Waals surface area contributed by atoms with E-state index < -0.39 is 0 Å². The first-order valence-electron chi connectivity index (χ1n) is 5.39. The van der Waals surface area contributed by atoms with Gasteiger partial charge < -0.3 is 9.67 Å². The number of carbonyl (C=O) groups is 1. The van der Waals surface area contributed by atoms with E-state index in [0.29, 0.717) is 17.9 Å². The van der Waals surface area contributed by atoms with Crippen molar-refractivity contribution in [1.82, 2.24) is 4.57 Å². The number of aromatic nitrogens is 1. The summed E-state index contributed by atoms with van der Waals surface area (Å²) in [5, 5.41) is 9.50. The van der Waals surface area contributed by atoms with Crippen LogP contribution >= 0.6 is 22.6 Å². The first-order valence-corrected chi connectivity index (χ1v) is 6.47. The van der Waals surface area contributed by atoms with Crippen LogP contribution in [-0.2, 0) is 6.54 Å². The Kier molecular flexibility index (Phi) is 3.86. The third-order valence-electron chi connectivity index (χ3n) is 2.68. The smallest absolute Gasteiger partial charge is 0.166 e. The molecule has 1 N–H and O–H groups in total. The summed E-state index contributed by atoms with van der Waals surface area (Å²) >= 11 is 2.24. The van der Waals surface area contributed by atoms with E-state index in [4.69, 9.17) is 0 Å². The Hall–Kier alpha value is -1.56. The third kappa shape index (κ3) is 2.64. The average Bonchev–Trinajstić information content (AvgIpc) is 2.75. The van der Waals surface area contributed by atoms with Gasteiger partial charge in [0.15, 0.2) is 6.29 Å². The maximum absolute atomic E-state index is 11.0. The predicted octanol–water partition coefficient (Wildman–Crippen LogP) is 3.48. The van der Waals surface area contributed by atoms with Crippen LogP contribution in [0.4, 0.5) is 0 Å². The second-order valence-corrected chi connectivity index (χ2v) is 5.17. The lowest BCUT2D eigenvalue weighted by atomic mass is 10.2. The number of hydrogen-bond acceptors (Lipinski definition) is 2. The highest BCUT2D eigenvalue weighted by molar-refractivity contribution is 14.1. The Balaban J connectivity index is 2.38. The van der Waals surface area contributed by atoms with Crippen molar-refractivity contribution in [2.75, 3.05) is 0 Å². The van der Waals surface area contributed by atoms with Crippen molar-refractivity contribution in [2.24, 2.45) is 0 Å². The summed E-state index contributed by atoms with van der Waals surface area (Å²) in [7, 11) is 0. The molecule has 0 radical (unpaired) electrons. The highest BCUT2D eigenvalue weighted by atomic mass is 127. The van der Waals surface area contributed by atoms with Crippen molar-refractivity contribution in [2.45, 2.75) is 6.54 Å². The van der Waals surface area contributed by atoms with Gasteiger partial charge in [-0.3, -0.25) is 4.79 Å². The van der Waals surface area contributed by atoms with Crippen LogP contribution in [0.2, 0.25) is 0 Å². The van der Waals surface area contributed by atoms with Gasteiger partial charge in [-0.15, -0.1) is 0 Å². The largest absolute Gasteiger partial charge is 0.506 e. The summed E-state index contributed by atoms with van der Waals surface area (Å²) in [6, 6.07) is 11.4. The fourth-order valence-corrected chi connectivity index (χ4v) is 2.15. The molecule has 0 aliphatic rings. The van der Waals surface area contributed by atoms with E-state index in [1.807, 2.05) is 24.3 Å². The number of hydrogen-bond donors (Lipinski definition) is 1. The van der Waals surface area contributed by atoms with E-state index in [1.165, 1.54) is 0 Å². The topological polar surface area (TPSA) is 42.2 Å². The van der Waals surface area contributed by atoms with E-state index in [1.54, 1.807) is 16.7 Å². The van der Waals surface area contributed by atoms with Gasteiger partial charge in [0.05, 0.1) is 11.4 Å². The quantitative estimate of drug-likeness (QED) is 0.520. The van der Waals surface area contributed by atoms with Gasteiger partial charge in [0, 0.05) is 10.1 Å². The summed E-state index contributed by atoms with van der Waals surface area (Å²) in [6.45, 7) is 4.04. The first kappa shape index (κ1) is 12.9. The van der Waals surface area contributed by atoms with Crippen molar-refractivity contribution in [3.05, 3.63) is 63.5 Å². The lowest BCUT2D eigenvalue weighted by Gasteiger charge is -2.10. The van der Waals surface area contributed by atoms with Gasteiger partial charge >= 0.3 is 0 Å². The van der Waals surface area contributed by atoms with Crippen molar-refractivity contribution in [1.29, 1.82) is 0 Å².